The Labute approximate surface area is 169 Å². The zero-order chi connectivity index (χ0) is 22.0. The number of carboxylic acid groups (broad SMARTS) is 1. The van der Waals surface area contributed by atoms with E-state index in [4.69, 9.17) is 0 Å². The summed E-state index contributed by atoms with van der Waals surface area (Å²) in [6.07, 6.45) is 0.495. The summed E-state index contributed by atoms with van der Waals surface area (Å²) in [5.74, 6) is -2.68. The number of hydrogen-bond donors (Lipinski definition) is 6. The number of phenolic OH excluding ortho intramolecular Hbond substituents is 1. The van der Waals surface area contributed by atoms with Crippen LogP contribution in [0.25, 0.3) is 0 Å². The minimum absolute atomic E-state index is 0.0492. The van der Waals surface area contributed by atoms with Gasteiger partial charge < -0.3 is 42.2 Å². The molecule has 0 unspecified atom stereocenters. The summed E-state index contributed by atoms with van der Waals surface area (Å²) in [6, 6.07) is 2.76. The van der Waals surface area contributed by atoms with Gasteiger partial charge in [0.2, 0.25) is 5.91 Å². The Balaban J connectivity index is 2.94. The molecule has 162 valence electrons. The van der Waals surface area contributed by atoms with Gasteiger partial charge in [-0.3, -0.25) is 9.59 Å². The SMILES string of the molecule is C[C@@H](O)[C@H]([NH3+])C(=O)N[C@@H](Cc1ccc(O)cc1)C(=O)N[C@@H](CCCC[NH3+])C(=O)[O-]. The molecule has 0 aromatic heterocycles. The number of benzene rings is 1. The Morgan fingerprint density at radius 1 is 1.07 bits per heavy atom. The number of aliphatic carboxylic acids is 1. The molecule has 1 aromatic rings. The van der Waals surface area contributed by atoms with Crippen molar-refractivity contribution in [3.63, 3.8) is 0 Å². The molecule has 0 heterocycles. The van der Waals surface area contributed by atoms with Crippen LogP contribution in [-0.4, -0.2) is 58.8 Å². The van der Waals surface area contributed by atoms with Gasteiger partial charge in [-0.1, -0.05) is 12.1 Å². The van der Waals surface area contributed by atoms with Crippen LogP contribution >= 0.6 is 0 Å². The fourth-order valence-corrected chi connectivity index (χ4v) is 2.62. The topological polar surface area (TPSA) is 194 Å². The molecule has 0 bridgehead atoms. The van der Waals surface area contributed by atoms with E-state index < -0.39 is 42.0 Å². The molecule has 10 heteroatoms. The van der Waals surface area contributed by atoms with Crippen LogP contribution in [0.1, 0.15) is 31.7 Å². The molecule has 0 aliphatic carbocycles. The molecule has 29 heavy (non-hydrogen) atoms. The van der Waals surface area contributed by atoms with E-state index in [1.807, 2.05) is 0 Å². The Hall–Kier alpha value is -2.69. The van der Waals surface area contributed by atoms with Crippen molar-refractivity contribution in [2.75, 3.05) is 6.54 Å². The van der Waals surface area contributed by atoms with E-state index in [2.05, 4.69) is 22.1 Å². The molecule has 0 spiro atoms. The van der Waals surface area contributed by atoms with Gasteiger partial charge in [-0.2, -0.15) is 0 Å². The van der Waals surface area contributed by atoms with Crippen molar-refractivity contribution in [1.82, 2.24) is 10.6 Å². The van der Waals surface area contributed by atoms with Gasteiger partial charge >= 0.3 is 0 Å². The largest absolute Gasteiger partial charge is 0.548 e. The highest BCUT2D eigenvalue weighted by Gasteiger charge is 2.29. The van der Waals surface area contributed by atoms with Crippen LogP contribution in [0.3, 0.4) is 0 Å². The third-order valence-corrected chi connectivity index (χ3v) is 4.52. The predicted molar refractivity (Wildman–Crippen MR) is 101 cm³/mol. The number of unbranched alkanes of at least 4 members (excludes halogenated alkanes) is 1. The van der Waals surface area contributed by atoms with Crippen LogP contribution in [0.15, 0.2) is 24.3 Å². The van der Waals surface area contributed by atoms with Crippen molar-refractivity contribution in [3.05, 3.63) is 29.8 Å². The number of aliphatic hydroxyl groups is 1. The number of aromatic hydroxyl groups is 1. The van der Waals surface area contributed by atoms with Crippen LogP contribution in [0.2, 0.25) is 0 Å². The lowest BCUT2D eigenvalue weighted by atomic mass is 10.0. The number of quaternary nitrogens is 2. The van der Waals surface area contributed by atoms with Gasteiger partial charge in [0.05, 0.1) is 18.6 Å². The standard InChI is InChI=1S/C19H30N4O6/c1-11(24)16(21)18(27)23-15(10-12-5-7-13(25)8-6-12)17(26)22-14(19(28)29)4-2-3-9-20/h5-8,11,14-16,24-25H,2-4,9-10,20-21H2,1H3,(H,22,26)(H,23,27)(H,28,29)/p+1/t11-,14+,15+,16+/m1/s1. The average molecular weight is 411 g/mol. The number of nitrogens with one attached hydrogen (secondary N) is 2. The van der Waals surface area contributed by atoms with Gasteiger partial charge in [0.1, 0.15) is 17.9 Å². The van der Waals surface area contributed by atoms with Crippen molar-refractivity contribution >= 4 is 17.8 Å². The summed E-state index contributed by atoms with van der Waals surface area (Å²) in [4.78, 5) is 36.4. The molecule has 1 aromatic carbocycles. The van der Waals surface area contributed by atoms with Crippen LogP contribution in [-0.2, 0) is 20.8 Å². The first-order valence-electron chi connectivity index (χ1n) is 9.55. The lowest BCUT2D eigenvalue weighted by Gasteiger charge is -2.25. The molecular formula is C19H31N4O6+. The first-order chi connectivity index (χ1) is 13.6. The fraction of sp³-hybridized carbons (Fsp3) is 0.526. The highest BCUT2D eigenvalue weighted by atomic mass is 16.4. The molecule has 0 saturated carbocycles. The number of carbonyl (C=O) groups excluding carboxylic acids is 3. The minimum Gasteiger partial charge on any atom is -0.548 e. The van der Waals surface area contributed by atoms with Crippen LogP contribution in [0, 0.1) is 0 Å². The second-order valence-electron chi connectivity index (χ2n) is 7.01. The molecule has 0 saturated heterocycles. The van der Waals surface area contributed by atoms with Crippen molar-refractivity contribution in [2.45, 2.75) is 56.8 Å². The molecule has 0 radical (unpaired) electrons. The van der Waals surface area contributed by atoms with Gasteiger partial charge in [-0.25, -0.2) is 0 Å². The van der Waals surface area contributed by atoms with Crippen molar-refractivity contribution in [2.24, 2.45) is 0 Å². The number of amides is 2. The van der Waals surface area contributed by atoms with E-state index in [1.165, 1.54) is 19.1 Å². The molecular weight excluding hydrogens is 380 g/mol. The molecule has 0 aliphatic rings. The summed E-state index contributed by atoms with van der Waals surface area (Å²) in [6.45, 7) is 2.05. The maximum absolute atomic E-state index is 12.7. The average Bonchev–Trinajstić information content (AvgIpc) is 2.67. The molecule has 1 rings (SSSR count). The monoisotopic (exact) mass is 411 g/mol. The molecule has 10 N–H and O–H groups in total. The van der Waals surface area contributed by atoms with Crippen LogP contribution in [0.5, 0.6) is 5.75 Å². The van der Waals surface area contributed by atoms with Gasteiger partial charge in [0.25, 0.3) is 5.91 Å². The number of phenols is 1. The summed E-state index contributed by atoms with van der Waals surface area (Å²) in [5, 5.41) is 35.3. The smallest absolute Gasteiger partial charge is 0.281 e. The maximum Gasteiger partial charge on any atom is 0.281 e. The Morgan fingerprint density at radius 3 is 2.17 bits per heavy atom. The number of aliphatic hydroxyl groups excluding tert-OH is 1. The summed E-state index contributed by atoms with van der Waals surface area (Å²) >= 11 is 0. The highest BCUT2D eigenvalue weighted by Crippen LogP contribution is 2.12. The summed E-state index contributed by atoms with van der Waals surface area (Å²) < 4.78 is 0. The first-order valence-corrected chi connectivity index (χ1v) is 9.55. The number of carbonyl (C=O) groups is 3. The van der Waals surface area contributed by atoms with E-state index in [0.29, 0.717) is 24.9 Å². The first kappa shape index (κ1) is 24.3. The van der Waals surface area contributed by atoms with Gasteiger partial charge in [-0.15, -0.1) is 0 Å². The van der Waals surface area contributed by atoms with Crippen molar-refractivity contribution < 1.29 is 41.2 Å². The second kappa shape index (κ2) is 12.0. The molecule has 4 atom stereocenters. The summed E-state index contributed by atoms with van der Waals surface area (Å²) in [5.41, 5.74) is 7.90. The lowest BCUT2D eigenvalue weighted by Crippen LogP contribution is -2.73. The van der Waals surface area contributed by atoms with E-state index in [0.717, 1.165) is 0 Å². The zero-order valence-corrected chi connectivity index (χ0v) is 16.6. The zero-order valence-electron chi connectivity index (χ0n) is 16.6. The maximum atomic E-state index is 12.7. The number of carboxylic acids is 1. The number of hydrogen-bond acceptors (Lipinski definition) is 6. The van der Waals surface area contributed by atoms with Crippen LogP contribution in [0.4, 0.5) is 0 Å². The minimum atomic E-state index is -1.41. The predicted octanol–water partition coefficient (Wildman–Crippen LogP) is -3.94. The molecule has 10 nitrogen and oxygen atoms in total. The van der Waals surface area contributed by atoms with E-state index in [9.17, 15) is 29.7 Å². The quantitative estimate of drug-likeness (QED) is 0.190. The van der Waals surface area contributed by atoms with E-state index >= 15 is 0 Å². The van der Waals surface area contributed by atoms with Crippen molar-refractivity contribution in [3.8, 4) is 5.75 Å². The normalized spacial score (nSPS) is 15.0. The highest BCUT2D eigenvalue weighted by molar-refractivity contribution is 5.91. The van der Waals surface area contributed by atoms with Crippen LogP contribution < -0.4 is 27.2 Å². The fourth-order valence-electron chi connectivity index (χ4n) is 2.62. The molecule has 0 fully saturated rings. The third kappa shape index (κ3) is 8.46. The third-order valence-electron chi connectivity index (χ3n) is 4.52. The van der Waals surface area contributed by atoms with Gasteiger partial charge in [0.15, 0.2) is 6.04 Å². The lowest BCUT2D eigenvalue weighted by molar-refractivity contribution is -0.419. The number of rotatable bonds is 12. The van der Waals surface area contributed by atoms with E-state index in [-0.39, 0.29) is 18.6 Å². The van der Waals surface area contributed by atoms with Crippen molar-refractivity contribution in [1.29, 1.82) is 0 Å². The molecule has 2 amide bonds. The Kier molecular flexibility index (Phi) is 10.1. The Morgan fingerprint density at radius 2 is 1.66 bits per heavy atom. The summed E-state index contributed by atoms with van der Waals surface area (Å²) in [7, 11) is 0. The van der Waals surface area contributed by atoms with Gasteiger partial charge in [-0.05, 0) is 43.9 Å². The molecule has 0 aliphatic heterocycles. The Bertz CT molecular complexity index is 680. The second-order valence-corrected chi connectivity index (χ2v) is 7.01. The van der Waals surface area contributed by atoms with Gasteiger partial charge in [0, 0.05) is 6.42 Å². The van der Waals surface area contributed by atoms with E-state index in [1.54, 1.807) is 12.1 Å².